The number of urea groups is 1. The molecule has 0 saturated heterocycles. The monoisotopic (exact) mass is 407 g/mol. The van der Waals surface area contributed by atoms with Gasteiger partial charge in [0.25, 0.3) is 5.91 Å². The Morgan fingerprint density at radius 1 is 0.933 bits per heavy atom. The largest absolute Gasteiger partial charge is 0.465 e. The van der Waals surface area contributed by atoms with Crippen LogP contribution in [0.25, 0.3) is 0 Å². The zero-order valence-corrected chi connectivity index (χ0v) is 16.5. The molecule has 3 rings (SSSR count). The van der Waals surface area contributed by atoms with Gasteiger partial charge in [0.05, 0.1) is 13.7 Å². The lowest BCUT2D eigenvalue weighted by molar-refractivity contribution is 0.0598. The summed E-state index contributed by atoms with van der Waals surface area (Å²) in [5.74, 6) is 0.0598. The second-order valence-corrected chi connectivity index (χ2v) is 6.38. The second-order valence-electron chi connectivity index (χ2n) is 6.38. The van der Waals surface area contributed by atoms with E-state index in [-0.39, 0.29) is 18.5 Å². The lowest BCUT2D eigenvalue weighted by Gasteiger charge is -2.08. The van der Waals surface area contributed by atoms with Gasteiger partial charge in [0.1, 0.15) is 17.1 Å². The van der Waals surface area contributed by atoms with Crippen LogP contribution in [0.15, 0.2) is 65.1 Å². The van der Waals surface area contributed by atoms with E-state index in [4.69, 9.17) is 4.42 Å². The number of amides is 3. The third-order valence-electron chi connectivity index (χ3n) is 4.23. The van der Waals surface area contributed by atoms with Crippen molar-refractivity contribution in [2.45, 2.75) is 13.5 Å². The molecule has 0 fully saturated rings. The number of benzene rings is 2. The third-order valence-corrected chi connectivity index (χ3v) is 4.23. The van der Waals surface area contributed by atoms with Crippen LogP contribution in [0.4, 0.5) is 16.2 Å². The number of anilines is 2. The molecule has 8 heteroatoms. The first kappa shape index (κ1) is 20.7. The molecule has 2 aromatic carbocycles. The highest BCUT2D eigenvalue weighted by atomic mass is 16.5. The number of rotatable bonds is 6. The van der Waals surface area contributed by atoms with E-state index in [1.807, 2.05) is 18.2 Å². The number of carbonyl (C=O) groups excluding carboxylic acids is 3. The number of furan rings is 1. The molecule has 0 atom stereocenters. The predicted octanol–water partition coefficient (Wildman–Crippen LogP) is 3.95. The Morgan fingerprint density at radius 2 is 1.57 bits per heavy atom. The number of aryl methyl sites for hydroxylation is 1. The van der Waals surface area contributed by atoms with Gasteiger partial charge in [-0.1, -0.05) is 18.2 Å². The summed E-state index contributed by atoms with van der Waals surface area (Å²) < 4.78 is 10.1. The van der Waals surface area contributed by atoms with E-state index in [1.54, 1.807) is 49.4 Å². The number of hydrogen-bond donors (Lipinski definition) is 3. The Hall–Kier alpha value is -4.07. The van der Waals surface area contributed by atoms with Crippen LogP contribution >= 0.6 is 0 Å². The zero-order chi connectivity index (χ0) is 21.5. The molecule has 3 aromatic rings. The van der Waals surface area contributed by atoms with Crippen molar-refractivity contribution in [2.24, 2.45) is 0 Å². The van der Waals surface area contributed by atoms with Crippen LogP contribution in [-0.4, -0.2) is 25.0 Å². The van der Waals surface area contributed by atoms with Crippen molar-refractivity contribution in [3.8, 4) is 0 Å². The minimum Gasteiger partial charge on any atom is -0.465 e. The van der Waals surface area contributed by atoms with Crippen molar-refractivity contribution in [1.29, 1.82) is 0 Å². The lowest BCUT2D eigenvalue weighted by atomic mass is 10.2. The molecule has 0 saturated carbocycles. The minimum atomic E-state index is -0.492. The number of para-hydroxylation sites is 1. The molecular weight excluding hydrogens is 386 g/mol. The van der Waals surface area contributed by atoms with Crippen LogP contribution in [0.1, 0.15) is 32.2 Å². The number of nitrogens with one attached hydrogen (secondary N) is 3. The summed E-state index contributed by atoms with van der Waals surface area (Å²) in [4.78, 5) is 36.0. The van der Waals surface area contributed by atoms with E-state index in [1.165, 1.54) is 7.11 Å². The van der Waals surface area contributed by atoms with Crippen molar-refractivity contribution in [3.63, 3.8) is 0 Å². The van der Waals surface area contributed by atoms with E-state index >= 15 is 0 Å². The Balaban J connectivity index is 1.53. The Labute approximate surface area is 173 Å². The van der Waals surface area contributed by atoms with Gasteiger partial charge in [-0.2, -0.15) is 0 Å². The molecule has 0 radical (unpaired) electrons. The molecule has 0 aliphatic rings. The maximum atomic E-state index is 12.3. The maximum absolute atomic E-state index is 12.3. The highest BCUT2D eigenvalue weighted by Crippen LogP contribution is 2.16. The number of hydrogen-bond acceptors (Lipinski definition) is 5. The Morgan fingerprint density at radius 3 is 2.20 bits per heavy atom. The van der Waals surface area contributed by atoms with Gasteiger partial charge in [-0.15, -0.1) is 0 Å². The molecule has 0 aliphatic carbocycles. The zero-order valence-electron chi connectivity index (χ0n) is 16.5. The summed E-state index contributed by atoms with van der Waals surface area (Å²) in [7, 11) is 1.29. The van der Waals surface area contributed by atoms with Crippen LogP contribution in [0.3, 0.4) is 0 Å². The fourth-order valence-electron chi connectivity index (χ4n) is 2.73. The standard InChI is InChI=1S/C22H21N3O5/c1-14-19(21(27)29-2)12-18(30-14)13-23-20(26)15-8-10-17(11-9-15)25-22(28)24-16-6-4-3-5-7-16/h3-12H,13H2,1-2H3,(H,23,26)(H2,24,25,28). The fourth-order valence-corrected chi connectivity index (χ4v) is 2.73. The molecule has 30 heavy (non-hydrogen) atoms. The van der Waals surface area contributed by atoms with E-state index in [0.29, 0.717) is 34.0 Å². The van der Waals surface area contributed by atoms with Crippen LogP contribution in [0, 0.1) is 6.92 Å². The summed E-state index contributed by atoms with van der Waals surface area (Å²) in [6, 6.07) is 16.7. The smallest absolute Gasteiger partial charge is 0.341 e. The molecule has 154 valence electrons. The highest BCUT2D eigenvalue weighted by Gasteiger charge is 2.16. The topological polar surface area (TPSA) is 110 Å². The van der Waals surface area contributed by atoms with Gasteiger partial charge in [0.2, 0.25) is 0 Å². The average molecular weight is 407 g/mol. The van der Waals surface area contributed by atoms with Crippen molar-refractivity contribution < 1.29 is 23.5 Å². The number of carbonyl (C=O) groups is 3. The molecule has 0 aliphatic heterocycles. The Kier molecular flexibility index (Phi) is 6.49. The molecular formula is C22H21N3O5. The highest BCUT2D eigenvalue weighted by molar-refractivity contribution is 6.00. The van der Waals surface area contributed by atoms with Crippen LogP contribution in [0.5, 0.6) is 0 Å². The van der Waals surface area contributed by atoms with Gasteiger partial charge in [-0.05, 0) is 49.4 Å². The minimum absolute atomic E-state index is 0.121. The van der Waals surface area contributed by atoms with Gasteiger partial charge in [-0.3, -0.25) is 4.79 Å². The quantitative estimate of drug-likeness (QED) is 0.536. The van der Waals surface area contributed by atoms with Crippen LogP contribution < -0.4 is 16.0 Å². The van der Waals surface area contributed by atoms with Gasteiger partial charge in [-0.25, -0.2) is 9.59 Å². The SMILES string of the molecule is COC(=O)c1cc(CNC(=O)c2ccc(NC(=O)Nc3ccccc3)cc2)oc1C. The summed E-state index contributed by atoms with van der Waals surface area (Å²) in [5.41, 5.74) is 1.96. The molecule has 0 bridgehead atoms. The molecule has 1 aromatic heterocycles. The van der Waals surface area contributed by atoms with E-state index in [2.05, 4.69) is 20.7 Å². The fraction of sp³-hybridized carbons (Fsp3) is 0.136. The predicted molar refractivity (Wildman–Crippen MR) is 111 cm³/mol. The van der Waals surface area contributed by atoms with Crippen molar-refractivity contribution >= 4 is 29.3 Å². The molecule has 3 amide bonds. The maximum Gasteiger partial charge on any atom is 0.341 e. The molecule has 1 heterocycles. The first-order valence-electron chi connectivity index (χ1n) is 9.15. The first-order valence-corrected chi connectivity index (χ1v) is 9.15. The summed E-state index contributed by atoms with van der Waals surface area (Å²) >= 11 is 0. The molecule has 8 nitrogen and oxygen atoms in total. The van der Waals surface area contributed by atoms with Crippen molar-refractivity contribution in [2.75, 3.05) is 17.7 Å². The Bertz CT molecular complexity index is 1040. The van der Waals surface area contributed by atoms with Crippen LogP contribution in [0.2, 0.25) is 0 Å². The normalized spacial score (nSPS) is 10.2. The molecule has 3 N–H and O–H groups in total. The van der Waals surface area contributed by atoms with Gasteiger partial charge in [0, 0.05) is 16.9 Å². The van der Waals surface area contributed by atoms with Crippen LogP contribution in [-0.2, 0) is 11.3 Å². The van der Waals surface area contributed by atoms with Crippen molar-refractivity contribution in [1.82, 2.24) is 5.32 Å². The first-order chi connectivity index (χ1) is 14.5. The van der Waals surface area contributed by atoms with Gasteiger partial charge in [0.15, 0.2) is 0 Å². The van der Waals surface area contributed by atoms with E-state index in [0.717, 1.165) is 0 Å². The van der Waals surface area contributed by atoms with E-state index in [9.17, 15) is 14.4 Å². The number of methoxy groups -OCH3 is 1. The summed E-state index contributed by atoms with van der Waals surface area (Å²) in [5, 5.41) is 8.13. The lowest BCUT2D eigenvalue weighted by Crippen LogP contribution is -2.23. The van der Waals surface area contributed by atoms with E-state index < -0.39 is 5.97 Å². The van der Waals surface area contributed by atoms with Gasteiger partial charge >= 0.3 is 12.0 Å². The van der Waals surface area contributed by atoms with Gasteiger partial charge < -0.3 is 25.1 Å². The third kappa shape index (κ3) is 5.26. The van der Waals surface area contributed by atoms with Crippen molar-refractivity contribution in [3.05, 3.63) is 83.3 Å². The molecule has 0 spiro atoms. The summed E-state index contributed by atoms with van der Waals surface area (Å²) in [6.07, 6.45) is 0. The number of ether oxygens (including phenoxy) is 1. The summed E-state index contributed by atoms with van der Waals surface area (Å²) in [6.45, 7) is 1.77. The molecule has 0 unspecified atom stereocenters. The number of esters is 1. The second kappa shape index (κ2) is 9.42. The average Bonchev–Trinajstić information content (AvgIpc) is 3.13.